The average Bonchev–Trinajstić information content (AvgIpc) is 3.14. The second-order valence-electron chi connectivity index (χ2n) is 5.68. The van der Waals surface area contributed by atoms with Crippen molar-refractivity contribution >= 4 is 33.2 Å². The van der Waals surface area contributed by atoms with Crippen molar-refractivity contribution < 1.29 is 23.1 Å². The molecule has 140 valence electrons. The minimum atomic E-state index is -3.77. The van der Waals surface area contributed by atoms with E-state index in [-0.39, 0.29) is 17.1 Å². The molecule has 1 aromatic carbocycles. The van der Waals surface area contributed by atoms with Gasteiger partial charge in [-0.3, -0.25) is 9.59 Å². The number of nitrogens with one attached hydrogen (secondary N) is 2. The van der Waals surface area contributed by atoms with E-state index < -0.39 is 34.0 Å². The predicted octanol–water partition coefficient (Wildman–Crippen LogP) is 2.14. The van der Waals surface area contributed by atoms with Gasteiger partial charge in [0.1, 0.15) is 4.21 Å². The highest BCUT2D eigenvalue weighted by Gasteiger charge is 2.25. The second kappa shape index (κ2) is 8.93. The van der Waals surface area contributed by atoms with Crippen LogP contribution in [0.1, 0.15) is 31.4 Å². The molecule has 3 N–H and O–H groups in total. The van der Waals surface area contributed by atoms with Crippen LogP contribution in [0.4, 0.5) is 0 Å². The molecule has 9 heteroatoms. The van der Waals surface area contributed by atoms with Gasteiger partial charge in [0.2, 0.25) is 5.91 Å². The highest BCUT2D eigenvalue weighted by molar-refractivity contribution is 7.91. The normalized spacial score (nSPS) is 13.7. The first-order valence-corrected chi connectivity index (χ1v) is 10.3. The molecule has 0 aliphatic carbocycles. The first kappa shape index (κ1) is 20.1. The van der Waals surface area contributed by atoms with Crippen LogP contribution in [-0.2, 0) is 19.6 Å². The minimum Gasteiger partial charge on any atom is -0.481 e. The molecule has 0 spiro atoms. The molecule has 1 heterocycles. The van der Waals surface area contributed by atoms with Crippen LogP contribution in [0.15, 0.2) is 52.1 Å². The Labute approximate surface area is 156 Å². The summed E-state index contributed by atoms with van der Waals surface area (Å²) in [4.78, 5) is 23.3. The van der Waals surface area contributed by atoms with E-state index in [1.165, 1.54) is 13.0 Å². The summed E-state index contributed by atoms with van der Waals surface area (Å²) in [5.74, 6) is -1.49. The Balaban J connectivity index is 2.07. The zero-order valence-electron chi connectivity index (χ0n) is 14.1. The lowest BCUT2D eigenvalue weighted by Gasteiger charge is -2.21. The summed E-state index contributed by atoms with van der Waals surface area (Å²) in [5, 5.41) is 13.3. The SMILES string of the molecule is CC(NS(=O)(=O)c1cccs1)C(=O)NC(CCC(=O)O)c1ccccc1. The van der Waals surface area contributed by atoms with E-state index in [1.54, 1.807) is 35.7 Å². The third-order valence-corrected chi connectivity index (χ3v) is 6.59. The molecule has 26 heavy (non-hydrogen) atoms. The maximum absolute atomic E-state index is 12.4. The summed E-state index contributed by atoms with van der Waals surface area (Å²) < 4.78 is 26.9. The van der Waals surface area contributed by atoms with Crippen molar-refractivity contribution in [3.05, 3.63) is 53.4 Å². The molecular weight excluding hydrogens is 376 g/mol. The first-order valence-electron chi connectivity index (χ1n) is 7.92. The van der Waals surface area contributed by atoms with Gasteiger partial charge < -0.3 is 10.4 Å². The molecule has 2 rings (SSSR count). The van der Waals surface area contributed by atoms with Crippen molar-refractivity contribution in [2.24, 2.45) is 0 Å². The molecule has 2 unspecified atom stereocenters. The Hall–Kier alpha value is -2.23. The maximum Gasteiger partial charge on any atom is 0.303 e. The van der Waals surface area contributed by atoms with E-state index in [2.05, 4.69) is 10.0 Å². The molecular formula is C17H20N2O5S2. The summed E-state index contributed by atoms with van der Waals surface area (Å²) in [6.07, 6.45) is 0.0879. The molecule has 0 fully saturated rings. The van der Waals surface area contributed by atoms with Gasteiger partial charge in [-0.25, -0.2) is 8.42 Å². The zero-order valence-corrected chi connectivity index (χ0v) is 15.7. The van der Waals surface area contributed by atoms with Crippen molar-refractivity contribution in [2.75, 3.05) is 0 Å². The van der Waals surface area contributed by atoms with Crippen molar-refractivity contribution in [3.8, 4) is 0 Å². The number of sulfonamides is 1. The fourth-order valence-electron chi connectivity index (χ4n) is 2.33. The second-order valence-corrected chi connectivity index (χ2v) is 8.57. The molecule has 0 saturated carbocycles. The van der Waals surface area contributed by atoms with Crippen LogP contribution < -0.4 is 10.0 Å². The van der Waals surface area contributed by atoms with Crippen molar-refractivity contribution in [2.45, 2.75) is 36.1 Å². The summed E-state index contributed by atoms with van der Waals surface area (Å²) in [6.45, 7) is 1.44. The molecule has 1 aromatic heterocycles. The molecule has 0 aliphatic rings. The van der Waals surface area contributed by atoms with Gasteiger partial charge in [0, 0.05) is 6.42 Å². The van der Waals surface area contributed by atoms with Gasteiger partial charge in [-0.1, -0.05) is 36.4 Å². The summed E-state index contributed by atoms with van der Waals surface area (Å²) in [7, 11) is -3.77. The number of hydrogen-bond acceptors (Lipinski definition) is 5. The van der Waals surface area contributed by atoms with Crippen LogP contribution in [0.2, 0.25) is 0 Å². The van der Waals surface area contributed by atoms with E-state index in [0.29, 0.717) is 0 Å². The smallest absolute Gasteiger partial charge is 0.303 e. The van der Waals surface area contributed by atoms with Crippen LogP contribution in [0.3, 0.4) is 0 Å². The number of hydrogen-bond donors (Lipinski definition) is 3. The highest BCUT2D eigenvalue weighted by Crippen LogP contribution is 2.19. The standard InChI is InChI=1S/C17H20N2O5S2/c1-12(19-26(23,24)16-8-5-11-25-16)17(22)18-14(9-10-15(20)21)13-6-3-2-4-7-13/h2-8,11-12,14,19H,9-10H2,1H3,(H,18,22)(H,20,21). The molecule has 0 aliphatic heterocycles. The van der Waals surface area contributed by atoms with Crippen molar-refractivity contribution in [1.82, 2.24) is 10.0 Å². The lowest BCUT2D eigenvalue weighted by Crippen LogP contribution is -2.45. The Morgan fingerprint density at radius 2 is 1.85 bits per heavy atom. The Morgan fingerprint density at radius 3 is 2.42 bits per heavy atom. The van der Waals surface area contributed by atoms with Gasteiger partial charge in [-0.05, 0) is 30.4 Å². The number of rotatable bonds is 9. The molecule has 7 nitrogen and oxygen atoms in total. The Kier molecular flexibility index (Phi) is 6.90. The van der Waals surface area contributed by atoms with Crippen molar-refractivity contribution in [1.29, 1.82) is 0 Å². The third-order valence-electron chi connectivity index (χ3n) is 3.65. The van der Waals surface area contributed by atoms with Crippen LogP contribution in [-0.4, -0.2) is 31.4 Å². The molecule has 2 atom stereocenters. The molecule has 1 amide bonds. The van der Waals surface area contributed by atoms with E-state index in [4.69, 9.17) is 5.11 Å². The number of amides is 1. The maximum atomic E-state index is 12.4. The van der Waals surface area contributed by atoms with Gasteiger partial charge in [0.15, 0.2) is 0 Å². The monoisotopic (exact) mass is 396 g/mol. The summed E-state index contributed by atoms with van der Waals surface area (Å²) in [5.41, 5.74) is 0.760. The number of benzene rings is 1. The summed E-state index contributed by atoms with van der Waals surface area (Å²) in [6, 6.07) is 10.5. The van der Waals surface area contributed by atoms with Gasteiger partial charge >= 0.3 is 5.97 Å². The number of carbonyl (C=O) groups is 2. The highest BCUT2D eigenvalue weighted by atomic mass is 32.2. The van der Waals surface area contributed by atoms with Crippen LogP contribution in [0.5, 0.6) is 0 Å². The van der Waals surface area contributed by atoms with E-state index in [1.807, 2.05) is 6.07 Å². The minimum absolute atomic E-state index is 0.116. The molecule has 2 aromatic rings. The fourth-order valence-corrected chi connectivity index (χ4v) is 4.55. The molecule has 0 bridgehead atoms. The topological polar surface area (TPSA) is 113 Å². The lowest BCUT2D eigenvalue weighted by molar-refractivity contribution is -0.137. The van der Waals surface area contributed by atoms with Crippen molar-refractivity contribution in [3.63, 3.8) is 0 Å². The average molecular weight is 396 g/mol. The van der Waals surface area contributed by atoms with Crippen LogP contribution in [0, 0.1) is 0 Å². The van der Waals surface area contributed by atoms with E-state index in [9.17, 15) is 18.0 Å². The number of aliphatic carboxylic acids is 1. The van der Waals surface area contributed by atoms with Gasteiger partial charge in [0.25, 0.3) is 10.0 Å². The van der Waals surface area contributed by atoms with E-state index in [0.717, 1.165) is 16.9 Å². The number of carboxylic acid groups (broad SMARTS) is 1. The van der Waals surface area contributed by atoms with Crippen LogP contribution in [0.25, 0.3) is 0 Å². The number of carbonyl (C=O) groups excluding carboxylic acids is 1. The lowest BCUT2D eigenvalue weighted by atomic mass is 10.0. The first-order chi connectivity index (χ1) is 12.3. The zero-order chi connectivity index (χ0) is 19.2. The van der Waals surface area contributed by atoms with Gasteiger partial charge in [-0.15, -0.1) is 11.3 Å². The van der Waals surface area contributed by atoms with Gasteiger partial charge in [-0.2, -0.15) is 4.72 Å². The van der Waals surface area contributed by atoms with Gasteiger partial charge in [0.05, 0.1) is 12.1 Å². The fraction of sp³-hybridized carbons (Fsp3) is 0.294. The largest absolute Gasteiger partial charge is 0.481 e. The Bertz CT molecular complexity index is 835. The summed E-state index contributed by atoms with van der Waals surface area (Å²) >= 11 is 1.06. The number of thiophene rings is 1. The Morgan fingerprint density at radius 1 is 1.15 bits per heavy atom. The predicted molar refractivity (Wildman–Crippen MR) is 98.3 cm³/mol. The van der Waals surface area contributed by atoms with E-state index >= 15 is 0 Å². The van der Waals surface area contributed by atoms with Crippen LogP contribution >= 0.6 is 11.3 Å². The molecule has 0 saturated heterocycles. The molecule has 0 radical (unpaired) electrons. The number of carboxylic acids is 1. The quantitative estimate of drug-likeness (QED) is 0.601. The third kappa shape index (κ3) is 5.65.